The van der Waals surface area contributed by atoms with Gasteiger partial charge in [-0.2, -0.15) is 0 Å². The normalized spacial score (nSPS) is 18.9. The monoisotopic (exact) mass is 491 g/mol. The summed E-state index contributed by atoms with van der Waals surface area (Å²) in [5, 5.41) is 1.30. The maximum absolute atomic E-state index is 11.8. The summed E-state index contributed by atoms with van der Waals surface area (Å²) in [5.74, 6) is -0.556. The van der Waals surface area contributed by atoms with Crippen molar-refractivity contribution in [1.82, 2.24) is 4.57 Å². The van der Waals surface area contributed by atoms with Gasteiger partial charge in [0.05, 0.1) is 5.03 Å². The molecule has 1 aromatic heterocycles. The molecule has 2 unspecified atom stereocenters. The fourth-order valence-corrected chi connectivity index (χ4v) is 4.15. The van der Waals surface area contributed by atoms with Crippen LogP contribution in [0.1, 0.15) is 57.2 Å². The molecule has 0 aliphatic carbocycles. The molecular formula is C19H20Cl2INO2. The molecule has 0 amide bonds. The van der Waals surface area contributed by atoms with Crippen molar-refractivity contribution < 1.29 is 9.53 Å². The molecule has 6 heteroatoms. The Kier molecular flexibility index (Phi) is 6.01. The first-order chi connectivity index (χ1) is 11.9. The SMILES string of the molecule is CCCCCC(C)n1cc(C2OC(=O)C(Cl)=C2Cl)c2cc(I)ccc21. The van der Waals surface area contributed by atoms with Crippen LogP contribution in [0.2, 0.25) is 0 Å². The number of nitrogens with zero attached hydrogens (tertiary/aromatic N) is 1. The molecule has 3 nitrogen and oxygen atoms in total. The molecule has 0 fully saturated rings. The predicted molar refractivity (Wildman–Crippen MR) is 111 cm³/mol. The van der Waals surface area contributed by atoms with Gasteiger partial charge in [-0.15, -0.1) is 0 Å². The van der Waals surface area contributed by atoms with Crippen LogP contribution in [0.15, 0.2) is 34.5 Å². The second-order valence-corrected chi connectivity index (χ2v) is 8.48. The Balaban J connectivity index is 2.05. The molecule has 0 spiro atoms. The zero-order valence-corrected chi connectivity index (χ0v) is 17.9. The standard InChI is InChI=1S/C19H20Cl2INO2/c1-3-4-5-6-11(2)23-10-14(13-9-12(22)7-8-15(13)23)18-16(20)17(21)19(24)25-18/h7-11,18H,3-6H2,1-2H3. The molecule has 0 radical (unpaired) electrons. The van der Waals surface area contributed by atoms with Gasteiger partial charge in [-0.3, -0.25) is 0 Å². The Morgan fingerprint density at radius 1 is 1.32 bits per heavy atom. The van der Waals surface area contributed by atoms with Gasteiger partial charge in [0.1, 0.15) is 5.03 Å². The zero-order valence-electron chi connectivity index (χ0n) is 14.2. The van der Waals surface area contributed by atoms with Crippen molar-refractivity contribution in [3.05, 3.63) is 43.6 Å². The molecule has 1 aliphatic heterocycles. The van der Waals surface area contributed by atoms with E-state index >= 15 is 0 Å². The Morgan fingerprint density at radius 3 is 2.72 bits per heavy atom. The van der Waals surface area contributed by atoms with Crippen molar-refractivity contribution in [3.8, 4) is 0 Å². The van der Waals surface area contributed by atoms with Crippen molar-refractivity contribution in [2.75, 3.05) is 0 Å². The van der Waals surface area contributed by atoms with Crippen molar-refractivity contribution in [2.45, 2.75) is 51.7 Å². The number of benzene rings is 1. The number of fused-ring (bicyclic) bond motifs is 1. The number of cyclic esters (lactones) is 1. The van der Waals surface area contributed by atoms with E-state index in [9.17, 15) is 4.79 Å². The molecule has 0 bridgehead atoms. The van der Waals surface area contributed by atoms with E-state index in [1.807, 2.05) is 0 Å². The van der Waals surface area contributed by atoms with Gasteiger partial charge in [-0.1, -0.05) is 49.4 Å². The number of aromatic nitrogens is 1. The summed E-state index contributed by atoms with van der Waals surface area (Å²) in [6.07, 6.45) is 6.19. The van der Waals surface area contributed by atoms with E-state index in [0.29, 0.717) is 6.04 Å². The molecule has 0 saturated carbocycles. The number of carbonyl (C=O) groups is 1. The fraction of sp³-hybridized carbons (Fsp3) is 0.421. The summed E-state index contributed by atoms with van der Waals surface area (Å²) < 4.78 is 8.81. The molecule has 2 heterocycles. The minimum atomic E-state index is -0.619. The van der Waals surface area contributed by atoms with E-state index in [1.165, 1.54) is 19.3 Å². The summed E-state index contributed by atoms with van der Waals surface area (Å²) in [4.78, 5) is 11.8. The van der Waals surface area contributed by atoms with Crippen LogP contribution < -0.4 is 0 Å². The fourth-order valence-electron chi connectivity index (χ4n) is 3.28. The second kappa shape index (κ2) is 7.89. The largest absolute Gasteiger partial charge is 0.447 e. The molecule has 1 aliphatic rings. The molecule has 134 valence electrons. The highest BCUT2D eigenvalue weighted by Crippen LogP contribution is 2.43. The molecular weight excluding hydrogens is 472 g/mol. The van der Waals surface area contributed by atoms with Crippen molar-refractivity contribution in [2.24, 2.45) is 0 Å². The number of rotatable bonds is 6. The number of unbranched alkanes of at least 4 members (excludes halogenated alkanes) is 2. The highest BCUT2D eigenvalue weighted by molar-refractivity contribution is 14.1. The average Bonchev–Trinajstić information content (AvgIpc) is 3.07. The smallest absolute Gasteiger partial charge is 0.352 e. The third-order valence-corrected chi connectivity index (χ3v) is 6.17. The zero-order chi connectivity index (χ0) is 18.1. The number of halogens is 3. The van der Waals surface area contributed by atoms with Gasteiger partial charge < -0.3 is 9.30 Å². The Bertz CT molecular complexity index is 843. The van der Waals surface area contributed by atoms with E-state index < -0.39 is 12.1 Å². The molecule has 0 N–H and O–H groups in total. The number of ether oxygens (including phenoxy) is 1. The molecule has 25 heavy (non-hydrogen) atoms. The van der Waals surface area contributed by atoms with Crippen molar-refractivity contribution in [3.63, 3.8) is 0 Å². The lowest BCUT2D eigenvalue weighted by atomic mass is 10.1. The van der Waals surface area contributed by atoms with E-state index in [0.717, 1.165) is 26.5 Å². The summed E-state index contributed by atoms with van der Waals surface area (Å²) in [6.45, 7) is 4.43. The van der Waals surface area contributed by atoms with Crippen LogP contribution in [0, 0.1) is 3.57 Å². The number of carbonyl (C=O) groups excluding carboxylic acids is 1. The third kappa shape index (κ3) is 3.71. The summed E-state index contributed by atoms with van der Waals surface area (Å²) >= 11 is 14.5. The summed E-state index contributed by atoms with van der Waals surface area (Å²) in [7, 11) is 0. The molecule has 1 aromatic carbocycles. The molecule has 2 aromatic rings. The Labute approximate surface area is 171 Å². The minimum Gasteiger partial charge on any atom is -0.447 e. The molecule has 2 atom stereocenters. The first-order valence-electron chi connectivity index (χ1n) is 8.50. The van der Waals surface area contributed by atoms with Gasteiger partial charge in [0.15, 0.2) is 6.10 Å². The Hall–Kier alpha value is -0.720. The minimum absolute atomic E-state index is 0.0193. The van der Waals surface area contributed by atoms with E-state index in [-0.39, 0.29) is 10.1 Å². The van der Waals surface area contributed by atoms with Gasteiger partial charge in [0, 0.05) is 32.3 Å². The summed E-state index contributed by atoms with van der Waals surface area (Å²) in [5.41, 5.74) is 2.02. The van der Waals surface area contributed by atoms with Gasteiger partial charge in [0.2, 0.25) is 0 Å². The van der Waals surface area contributed by atoms with Crippen LogP contribution in [0.5, 0.6) is 0 Å². The lowest BCUT2D eigenvalue weighted by molar-refractivity contribution is -0.139. The van der Waals surface area contributed by atoms with Gasteiger partial charge in [-0.05, 0) is 54.1 Å². The second-order valence-electron chi connectivity index (χ2n) is 6.45. The highest BCUT2D eigenvalue weighted by Gasteiger charge is 2.35. The number of hydrogen-bond donors (Lipinski definition) is 0. The Morgan fingerprint density at radius 2 is 2.08 bits per heavy atom. The summed E-state index contributed by atoms with van der Waals surface area (Å²) in [6, 6.07) is 6.67. The number of esters is 1. The molecule has 0 saturated heterocycles. The average molecular weight is 492 g/mol. The maximum atomic E-state index is 11.8. The predicted octanol–water partition coefficient (Wildman–Crippen LogP) is 6.67. The van der Waals surface area contributed by atoms with Gasteiger partial charge >= 0.3 is 5.97 Å². The van der Waals surface area contributed by atoms with E-state index in [2.05, 4.69) is 65.4 Å². The highest BCUT2D eigenvalue weighted by atomic mass is 127. The lowest BCUT2D eigenvalue weighted by Crippen LogP contribution is -2.04. The maximum Gasteiger partial charge on any atom is 0.352 e. The van der Waals surface area contributed by atoms with Crippen molar-refractivity contribution >= 4 is 62.7 Å². The molecule has 3 rings (SSSR count). The van der Waals surface area contributed by atoms with Crippen LogP contribution in [-0.2, 0) is 9.53 Å². The van der Waals surface area contributed by atoms with Gasteiger partial charge in [-0.25, -0.2) is 4.79 Å². The van der Waals surface area contributed by atoms with Gasteiger partial charge in [0.25, 0.3) is 0 Å². The first kappa shape index (κ1) is 19.1. The van der Waals surface area contributed by atoms with Crippen LogP contribution in [-0.4, -0.2) is 10.5 Å². The van der Waals surface area contributed by atoms with Crippen LogP contribution >= 0.6 is 45.8 Å². The quantitative estimate of drug-likeness (QED) is 0.256. The first-order valence-corrected chi connectivity index (χ1v) is 10.3. The topological polar surface area (TPSA) is 31.2 Å². The van der Waals surface area contributed by atoms with E-state index in [4.69, 9.17) is 27.9 Å². The van der Waals surface area contributed by atoms with Crippen molar-refractivity contribution in [1.29, 1.82) is 0 Å². The lowest BCUT2D eigenvalue weighted by Gasteiger charge is -2.15. The van der Waals surface area contributed by atoms with Crippen LogP contribution in [0.25, 0.3) is 10.9 Å². The number of hydrogen-bond acceptors (Lipinski definition) is 2. The third-order valence-electron chi connectivity index (χ3n) is 4.65. The van der Waals surface area contributed by atoms with Crippen LogP contribution in [0.4, 0.5) is 0 Å². The van der Waals surface area contributed by atoms with Crippen LogP contribution in [0.3, 0.4) is 0 Å². The van der Waals surface area contributed by atoms with E-state index in [1.54, 1.807) is 0 Å².